The molecule has 7 heteroatoms. The van der Waals surface area contributed by atoms with Gasteiger partial charge in [-0.1, -0.05) is 11.6 Å². The Kier molecular flexibility index (Phi) is 4.04. The molecule has 0 aliphatic heterocycles. The highest BCUT2D eigenvalue weighted by Gasteiger charge is 2.22. The molecule has 1 heterocycles. The quantitative estimate of drug-likeness (QED) is 0.837. The number of halogens is 1. The predicted octanol–water partition coefficient (Wildman–Crippen LogP) is 0.348. The lowest BCUT2D eigenvalue weighted by Crippen LogP contribution is -2.29. The molecule has 0 unspecified atom stereocenters. The second-order valence-electron chi connectivity index (χ2n) is 2.86. The number of nitrogens with zero attached hydrogens (tertiary/aromatic N) is 2. The first-order valence-electron chi connectivity index (χ1n) is 4.17. The van der Waals surface area contributed by atoms with Gasteiger partial charge in [-0.15, -0.1) is 0 Å². The molecule has 0 saturated carbocycles. The third-order valence-corrected chi connectivity index (χ3v) is 4.16. The standard InChI is InChI=1S/C8H11ClN2O3S/c1-11(4-5-12)15(13,14)8-6-10-3-2-7(8)9/h2-3,6,12H,4-5H2,1H3. The van der Waals surface area contributed by atoms with Gasteiger partial charge in [-0.2, -0.15) is 4.31 Å². The van der Waals surface area contributed by atoms with Gasteiger partial charge in [0.15, 0.2) is 0 Å². The average molecular weight is 251 g/mol. The van der Waals surface area contributed by atoms with Gasteiger partial charge in [0.1, 0.15) is 4.90 Å². The van der Waals surface area contributed by atoms with E-state index in [0.717, 1.165) is 4.31 Å². The summed E-state index contributed by atoms with van der Waals surface area (Å²) in [6.07, 6.45) is 2.60. The minimum atomic E-state index is -3.65. The Morgan fingerprint density at radius 3 is 2.80 bits per heavy atom. The van der Waals surface area contributed by atoms with E-state index in [9.17, 15) is 8.42 Å². The zero-order valence-electron chi connectivity index (χ0n) is 8.09. The minimum absolute atomic E-state index is 0.0214. The number of hydrogen-bond donors (Lipinski definition) is 1. The topological polar surface area (TPSA) is 70.5 Å². The van der Waals surface area contributed by atoms with Crippen LogP contribution in [-0.2, 0) is 10.0 Å². The number of aromatic nitrogens is 1. The molecule has 15 heavy (non-hydrogen) atoms. The molecule has 0 saturated heterocycles. The fraction of sp³-hybridized carbons (Fsp3) is 0.375. The number of hydrogen-bond acceptors (Lipinski definition) is 4. The van der Waals surface area contributed by atoms with Crippen molar-refractivity contribution in [3.05, 3.63) is 23.5 Å². The largest absolute Gasteiger partial charge is 0.395 e. The maximum absolute atomic E-state index is 11.8. The van der Waals surface area contributed by atoms with Crippen LogP contribution < -0.4 is 0 Å². The zero-order valence-corrected chi connectivity index (χ0v) is 9.66. The van der Waals surface area contributed by atoms with Gasteiger partial charge in [0, 0.05) is 26.0 Å². The molecule has 0 aromatic carbocycles. The molecule has 0 spiro atoms. The van der Waals surface area contributed by atoms with E-state index in [0.29, 0.717) is 0 Å². The van der Waals surface area contributed by atoms with Crippen LogP contribution in [0.5, 0.6) is 0 Å². The number of aliphatic hydroxyl groups is 1. The molecule has 1 aromatic heterocycles. The van der Waals surface area contributed by atoms with E-state index in [2.05, 4.69) is 4.98 Å². The summed E-state index contributed by atoms with van der Waals surface area (Å²) in [7, 11) is -2.28. The van der Waals surface area contributed by atoms with Crippen molar-refractivity contribution in [2.24, 2.45) is 0 Å². The Morgan fingerprint density at radius 2 is 2.27 bits per heavy atom. The average Bonchev–Trinajstić information content (AvgIpc) is 2.18. The lowest BCUT2D eigenvalue weighted by atomic mass is 10.5. The van der Waals surface area contributed by atoms with Crippen molar-refractivity contribution < 1.29 is 13.5 Å². The highest BCUT2D eigenvalue weighted by molar-refractivity contribution is 7.89. The van der Waals surface area contributed by atoms with Crippen molar-refractivity contribution in [3.8, 4) is 0 Å². The minimum Gasteiger partial charge on any atom is -0.395 e. The van der Waals surface area contributed by atoms with Gasteiger partial charge in [-0.3, -0.25) is 4.98 Å². The zero-order chi connectivity index (χ0) is 11.5. The number of rotatable bonds is 4. The van der Waals surface area contributed by atoms with Gasteiger partial charge in [-0.25, -0.2) is 8.42 Å². The third kappa shape index (κ3) is 2.66. The molecular formula is C8H11ClN2O3S. The number of sulfonamides is 1. The summed E-state index contributed by atoms with van der Waals surface area (Å²) in [5.74, 6) is 0. The van der Waals surface area contributed by atoms with E-state index in [1.807, 2.05) is 0 Å². The highest BCUT2D eigenvalue weighted by Crippen LogP contribution is 2.21. The van der Waals surface area contributed by atoms with Gasteiger partial charge in [0.2, 0.25) is 10.0 Å². The van der Waals surface area contributed by atoms with Crippen LogP contribution in [0, 0.1) is 0 Å². The lowest BCUT2D eigenvalue weighted by Gasteiger charge is -2.16. The fourth-order valence-electron chi connectivity index (χ4n) is 0.982. The van der Waals surface area contributed by atoms with E-state index >= 15 is 0 Å². The Hall–Kier alpha value is -0.690. The van der Waals surface area contributed by atoms with Crippen LogP contribution in [-0.4, -0.2) is 43.0 Å². The SMILES string of the molecule is CN(CCO)S(=O)(=O)c1cnccc1Cl. The van der Waals surface area contributed by atoms with Crippen LogP contribution in [0.1, 0.15) is 0 Å². The first-order chi connectivity index (χ1) is 7.00. The van der Waals surface area contributed by atoms with E-state index in [-0.39, 0.29) is 23.1 Å². The normalized spacial score (nSPS) is 12.0. The predicted molar refractivity (Wildman–Crippen MR) is 56.1 cm³/mol. The van der Waals surface area contributed by atoms with Gasteiger partial charge < -0.3 is 5.11 Å². The Labute approximate surface area is 93.4 Å². The van der Waals surface area contributed by atoms with Crippen molar-refractivity contribution in [1.82, 2.24) is 9.29 Å². The highest BCUT2D eigenvalue weighted by atomic mass is 35.5. The van der Waals surface area contributed by atoms with Crippen LogP contribution in [0.2, 0.25) is 5.02 Å². The molecule has 0 aliphatic carbocycles. The summed E-state index contributed by atoms with van der Waals surface area (Å²) < 4.78 is 24.7. The van der Waals surface area contributed by atoms with Crippen molar-refractivity contribution in [2.45, 2.75) is 4.90 Å². The molecule has 84 valence electrons. The van der Waals surface area contributed by atoms with E-state index in [4.69, 9.17) is 16.7 Å². The Bertz CT molecular complexity index is 435. The van der Waals surface area contributed by atoms with Gasteiger partial charge in [0.25, 0.3) is 0 Å². The molecule has 0 atom stereocenters. The molecule has 1 rings (SSSR count). The van der Waals surface area contributed by atoms with Crippen molar-refractivity contribution in [1.29, 1.82) is 0 Å². The van der Waals surface area contributed by atoms with E-state index in [1.54, 1.807) is 0 Å². The van der Waals surface area contributed by atoms with Gasteiger partial charge >= 0.3 is 0 Å². The van der Waals surface area contributed by atoms with E-state index in [1.165, 1.54) is 25.5 Å². The van der Waals surface area contributed by atoms with Crippen molar-refractivity contribution in [2.75, 3.05) is 20.2 Å². The summed E-state index contributed by atoms with van der Waals surface area (Å²) >= 11 is 5.74. The molecule has 0 aliphatic rings. The van der Waals surface area contributed by atoms with Crippen molar-refractivity contribution >= 4 is 21.6 Å². The summed E-state index contributed by atoms with van der Waals surface area (Å²) in [5, 5.41) is 8.78. The van der Waals surface area contributed by atoms with Crippen LogP contribution in [0.3, 0.4) is 0 Å². The number of aliphatic hydroxyl groups excluding tert-OH is 1. The maximum Gasteiger partial charge on any atom is 0.245 e. The molecule has 5 nitrogen and oxygen atoms in total. The fourth-order valence-corrected chi connectivity index (χ4v) is 2.55. The maximum atomic E-state index is 11.8. The second kappa shape index (κ2) is 4.89. The molecular weight excluding hydrogens is 240 g/mol. The Balaban J connectivity index is 3.12. The Morgan fingerprint density at radius 1 is 1.60 bits per heavy atom. The molecule has 0 radical (unpaired) electrons. The lowest BCUT2D eigenvalue weighted by molar-refractivity contribution is 0.266. The van der Waals surface area contributed by atoms with Crippen LogP contribution in [0.25, 0.3) is 0 Å². The first kappa shape index (κ1) is 12.4. The monoisotopic (exact) mass is 250 g/mol. The van der Waals surface area contributed by atoms with Crippen molar-refractivity contribution in [3.63, 3.8) is 0 Å². The summed E-state index contributed by atoms with van der Waals surface area (Å²) in [6, 6.07) is 1.40. The third-order valence-electron chi connectivity index (χ3n) is 1.84. The molecule has 0 fully saturated rings. The van der Waals surface area contributed by atoms with Gasteiger partial charge in [-0.05, 0) is 6.07 Å². The number of pyridine rings is 1. The van der Waals surface area contributed by atoms with Crippen LogP contribution in [0.15, 0.2) is 23.4 Å². The summed E-state index contributed by atoms with van der Waals surface area (Å²) in [6.45, 7) is -0.221. The molecule has 0 amide bonds. The summed E-state index contributed by atoms with van der Waals surface area (Å²) in [5.41, 5.74) is 0. The molecule has 1 N–H and O–H groups in total. The smallest absolute Gasteiger partial charge is 0.245 e. The van der Waals surface area contributed by atoms with Crippen LogP contribution in [0.4, 0.5) is 0 Å². The van der Waals surface area contributed by atoms with Crippen LogP contribution >= 0.6 is 11.6 Å². The molecule has 1 aromatic rings. The molecule has 0 bridgehead atoms. The second-order valence-corrected chi connectivity index (χ2v) is 5.28. The number of likely N-dealkylation sites (N-methyl/N-ethyl adjacent to an activating group) is 1. The summed E-state index contributed by atoms with van der Waals surface area (Å²) in [4.78, 5) is 3.65. The van der Waals surface area contributed by atoms with E-state index < -0.39 is 10.0 Å². The first-order valence-corrected chi connectivity index (χ1v) is 5.98. The van der Waals surface area contributed by atoms with Gasteiger partial charge in [0.05, 0.1) is 11.6 Å².